The second-order valence-electron chi connectivity index (χ2n) is 7.25. The fraction of sp³-hybridized carbons (Fsp3) is 0.889. The summed E-state index contributed by atoms with van der Waals surface area (Å²) >= 11 is 0. The monoisotopic (exact) mass is 297 g/mol. The number of hydrogen-bond acceptors (Lipinski definition) is 1. The molecule has 0 radical (unpaired) electrons. The molecule has 2 fully saturated rings. The molecular formula is C18H35NS. The Hall–Kier alpha value is 0.0500. The fourth-order valence-corrected chi connectivity index (χ4v) is 5.76. The Morgan fingerprint density at radius 1 is 1.20 bits per heavy atom. The maximum absolute atomic E-state index is 3.50. The van der Waals surface area contributed by atoms with E-state index in [9.17, 15) is 0 Å². The summed E-state index contributed by atoms with van der Waals surface area (Å²) in [6.45, 7) is 9.56. The van der Waals surface area contributed by atoms with E-state index in [-0.39, 0.29) is 0 Å². The van der Waals surface area contributed by atoms with Crippen molar-refractivity contribution in [3.8, 4) is 0 Å². The van der Waals surface area contributed by atoms with E-state index in [0.717, 1.165) is 17.8 Å². The van der Waals surface area contributed by atoms with Crippen LogP contribution < -0.4 is 5.32 Å². The number of thiol groups is 1. The lowest BCUT2D eigenvalue weighted by atomic mass is 9.88. The molecule has 1 unspecified atom stereocenters. The normalized spacial score (nSPS) is 24.2. The Kier molecular flexibility index (Phi) is 6.96. The van der Waals surface area contributed by atoms with E-state index in [1.54, 1.807) is 5.57 Å². The zero-order valence-corrected chi connectivity index (χ0v) is 14.7. The van der Waals surface area contributed by atoms with Crippen molar-refractivity contribution in [3.63, 3.8) is 0 Å². The minimum absolute atomic E-state index is 0.301. The fourth-order valence-electron chi connectivity index (χ4n) is 3.39. The highest BCUT2D eigenvalue weighted by atomic mass is 32.2. The highest BCUT2D eigenvalue weighted by Crippen LogP contribution is 2.43. The van der Waals surface area contributed by atoms with Gasteiger partial charge in [-0.1, -0.05) is 31.9 Å². The first kappa shape index (κ1) is 16.4. The van der Waals surface area contributed by atoms with Crippen molar-refractivity contribution in [2.45, 2.75) is 52.9 Å². The van der Waals surface area contributed by atoms with Crippen LogP contribution >= 0.6 is 10.9 Å². The molecule has 0 bridgehead atoms. The van der Waals surface area contributed by atoms with Crippen LogP contribution in [0.1, 0.15) is 52.9 Å². The first-order chi connectivity index (χ1) is 9.69. The van der Waals surface area contributed by atoms with Gasteiger partial charge >= 0.3 is 0 Å². The van der Waals surface area contributed by atoms with Gasteiger partial charge in [-0.15, -0.1) is 0 Å². The van der Waals surface area contributed by atoms with E-state index in [1.807, 2.05) is 0 Å². The predicted molar refractivity (Wildman–Crippen MR) is 95.1 cm³/mol. The molecule has 0 amide bonds. The van der Waals surface area contributed by atoms with Gasteiger partial charge in [-0.3, -0.25) is 0 Å². The number of allylic oxidation sites excluding steroid dienone is 1. The van der Waals surface area contributed by atoms with Gasteiger partial charge in [0, 0.05) is 13.1 Å². The smallest absolute Gasteiger partial charge is 0.00258 e. The third kappa shape index (κ3) is 5.81. The largest absolute Gasteiger partial charge is 0.315 e. The molecule has 2 rings (SSSR count). The van der Waals surface area contributed by atoms with Gasteiger partial charge in [0.15, 0.2) is 0 Å². The first-order valence-corrected chi connectivity index (χ1v) is 10.7. The average Bonchev–Trinajstić information content (AvgIpc) is 3.27. The minimum atomic E-state index is 0.301. The minimum Gasteiger partial charge on any atom is -0.315 e. The summed E-state index contributed by atoms with van der Waals surface area (Å²) in [6, 6.07) is 0. The zero-order chi connectivity index (χ0) is 14.4. The van der Waals surface area contributed by atoms with Crippen LogP contribution in [0.15, 0.2) is 11.6 Å². The molecule has 0 aromatic rings. The molecule has 0 spiro atoms. The number of nitrogens with one attached hydrogen (secondary N) is 1. The molecule has 1 aliphatic heterocycles. The molecular weight excluding hydrogens is 262 g/mol. The molecule has 0 aromatic heterocycles. The Morgan fingerprint density at radius 3 is 2.45 bits per heavy atom. The van der Waals surface area contributed by atoms with Crippen molar-refractivity contribution >= 4 is 10.9 Å². The highest BCUT2D eigenvalue weighted by molar-refractivity contribution is 8.17. The maximum Gasteiger partial charge on any atom is 0.00258 e. The van der Waals surface area contributed by atoms with Crippen LogP contribution in [-0.2, 0) is 0 Å². The van der Waals surface area contributed by atoms with E-state index in [2.05, 4.69) is 32.2 Å². The van der Waals surface area contributed by atoms with E-state index < -0.39 is 0 Å². The highest BCUT2D eigenvalue weighted by Gasteiger charge is 2.31. The second kappa shape index (κ2) is 8.48. The Morgan fingerprint density at radius 2 is 1.90 bits per heavy atom. The van der Waals surface area contributed by atoms with E-state index >= 15 is 0 Å². The van der Waals surface area contributed by atoms with Crippen LogP contribution in [0.2, 0.25) is 0 Å². The first-order valence-electron chi connectivity index (χ1n) is 8.76. The lowest BCUT2D eigenvalue weighted by Crippen LogP contribution is -2.29. The number of rotatable bonds is 8. The topological polar surface area (TPSA) is 12.0 Å². The van der Waals surface area contributed by atoms with Gasteiger partial charge in [-0.05, 0) is 67.6 Å². The summed E-state index contributed by atoms with van der Waals surface area (Å²) in [6.07, 6.45) is 9.79. The van der Waals surface area contributed by atoms with Crippen LogP contribution in [-0.4, -0.2) is 30.3 Å². The van der Waals surface area contributed by atoms with Crippen molar-refractivity contribution in [1.29, 1.82) is 0 Å². The molecule has 118 valence electrons. The van der Waals surface area contributed by atoms with Crippen molar-refractivity contribution in [1.82, 2.24) is 5.32 Å². The van der Waals surface area contributed by atoms with Crippen LogP contribution in [0.3, 0.4) is 0 Å². The van der Waals surface area contributed by atoms with Gasteiger partial charge in [-0.25, -0.2) is 10.9 Å². The van der Waals surface area contributed by atoms with Gasteiger partial charge in [0.05, 0.1) is 0 Å². The number of hydrogen-bond donors (Lipinski definition) is 2. The summed E-state index contributed by atoms with van der Waals surface area (Å²) in [5.74, 6) is 7.29. The molecule has 1 saturated carbocycles. The summed E-state index contributed by atoms with van der Waals surface area (Å²) in [5.41, 5.74) is 1.79. The van der Waals surface area contributed by atoms with Gasteiger partial charge < -0.3 is 5.32 Å². The van der Waals surface area contributed by atoms with Crippen LogP contribution in [0.4, 0.5) is 0 Å². The van der Waals surface area contributed by atoms with Gasteiger partial charge in [0.25, 0.3) is 0 Å². The SMILES string of the molecule is CC=C(CC(CCC(C)C)C1CC1)C[SH]1CCNCC1. The maximum atomic E-state index is 3.50. The summed E-state index contributed by atoms with van der Waals surface area (Å²) in [4.78, 5) is 0. The van der Waals surface area contributed by atoms with Crippen molar-refractivity contribution < 1.29 is 0 Å². The van der Waals surface area contributed by atoms with Crippen LogP contribution in [0.5, 0.6) is 0 Å². The van der Waals surface area contributed by atoms with E-state index in [4.69, 9.17) is 0 Å². The standard InChI is InChI=1S/C18H35NS/c1-4-16(14-20-11-9-19-10-12-20)13-18(17-7-8-17)6-5-15(2)3/h4,15,17-20H,5-14H2,1-3H3. The Labute approximate surface area is 129 Å². The van der Waals surface area contributed by atoms with Gasteiger partial charge in [-0.2, -0.15) is 0 Å². The molecule has 2 heteroatoms. The van der Waals surface area contributed by atoms with E-state index in [1.165, 1.54) is 62.5 Å². The van der Waals surface area contributed by atoms with Gasteiger partial charge in [0.2, 0.25) is 0 Å². The third-order valence-corrected chi connectivity index (χ3v) is 7.54. The molecule has 1 saturated heterocycles. The predicted octanol–water partition coefficient (Wildman–Crippen LogP) is 4.39. The van der Waals surface area contributed by atoms with Gasteiger partial charge in [0.1, 0.15) is 0 Å². The van der Waals surface area contributed by atoms with Crippen molar-refractivity contribution in [2.75, 3.05) is 30.3 Å². The van der Waals surface area contributed by atoms with Crippen molar-refractivity contribution in [3.05, 3.63) is 11.6 Å². The van der Waals surface area contributed by atoms with Crippen LogP contribution in [0.25, 0.3) is 0 Å². The van der Waals surface area contributed by atoms with E-state index in [0.29, 0.717) is 10.9 Å². The summed E-state index contributed by atoms with van der Waals surface area (Å²) < 4.78 is 0. The lowest BCUT2D eigenvalue weighted by Gasteiger charge is -2.29. The zero-order valence-electron chi connectivity index (χ0n) is 13.8. The second-order valence-corrected chi connectivity index (χ2v) is 9.80. The lowest BCUT2D eigenvalue weighted by molar-refractivity contribution is 0.381. The molecule has 2 aliphatic rings. The molecule has 0 aromatic carbocycles. The summed E-state index contributed by atoms with van der Waals surface area (Å²) in [7, 11) is 0.301. The Balaban J connectivity index is 1.79. The molecule has 1 N–H and O–H groups in total. The molecule has 1 nitrogen and oxygen atoms in total. The quantitative estimate of drug-likeness (QED) is 0.500. The Bertz CT molecular complexity index is 301. The molecule has 20 heavy (non-hydrogen) atoms. The van der Waals surface area contributed by atoms with Crippen LogP contribution in [0, 0.1) is 17.8 Å². The van der Waals surface area contributed by atoms with Crippen molar-refractivity contribution in [2.24, 2.45) is 17.8 Å². The molecule has 1 atom stereocenters. The molecule has 1 aliphatic carbocycles. The summed E-state index contributed by atoms with van der Waals surface area (Å²) in [5, 5.41) is 3.50. The molecule has 1 heterocycles. The average molecular weight is 298 g/mol. The third-order valence-electron chi connectivity index (χ3n) is 4.97.